The summed E-state index contributed by atoms with van der Waals surface area (Å²) in [6.07, 6.45) is 23.1. The zero-order valence-corrected chi connectivity index (χ0v) is 19.8. The van der Waals surface area contributed by atoms with Crippen LogP contribution in [0.1, 0.15) is 129 Å². The van der Waals surface area contributed by atoms with Gasteiger partial charge in [0.2, 0.25) is 0 Å². The van der Waals surface area contributed by atoms with E-state index in [4.69, 9.17) is 9.84 Å². The van der Waals surface area contributed by atoms with Gasteiger partial charge in [0.05, 0.1) is 7.11 Å². The third-order valence-electron chi connectivity index (χ3n) is 5.69. The molecule has 0 aliphatic heterocycles. The van der Waals surface area contributed by atoms with Crippen molar-refractivity contribution in [2.24, 2.45) is 0 Å². The van der Waals surface area contributed by atoms with Gasteiger partial charge in [-0.3, -0.25) is 0 Å². The average molecular weight is 429 g/mol. The van der Waals surface area contributed by atoms with Crippen molar-refractivity contribution in [1.29, 1.82) is 0 Å². The van der Waals surface area contributed by atoms with E-state index in [0.717, 1.165) is 19.3 Å². The van der Waals surface area contributed by atoms with Crippen molar-refractivity contribution in [3.05, 3.63) is 0 Å². The lowest BCUT2D eigenvalue weighted by molar-refractivity contribution is -0.168. The van der Waals surface area contributed by atoms with Gasteiger partial charge in [-0.2, -0.15) is 0 Å². The molecule has 0 aromatic heterocycles. The summed E-state index contributed by atoms with van der Waals surface area (Å²) in [5, 5.41) is 8.74. The van der Waals surface area contributed by atoms with Gasteiger partial charge in [-0.25, -0.2) is 9.59 Å². The first-order valence-corrected chi connectivity index (χ1v) is 12.5. The van der Waals surface area contributed by atoms with Crippen molar-refractivity contribution in [2.45, 2.75) is 135 Å². The van der Waals surface area contributed by atoms with E-state index in [1.807, 2.05) is 0 Å². The first-order chi connectivity index (χ1) is 14.7. The molecule has 1 N–H and O–H groups in total. The predicted molar refractivity (Wildman–Crippen MR) is 122 cm³/mol. The summed E-state index contributed by atoms with van der Waals surface area (Å²) in [6.45, 7) is 1.56. The SMILES string of the molecule is CCCCCCCCCCCCCCCCCCCCC(OC(=O)CO)C(=O)OC. The monoisotopic (exact) mass is 428 g/mol. The Bertz CT molecular complexity index is 397. The van der Waals surface area contributed by atoms with Gasteiger partial charge in [0.1, 0.15) is 6.61 Å². The summed E-state index contributed by atoms with van der Waals surface area (Å²) in [7, 11) is 1.28. The van der Waals surface area contributed by atoms with Gasteiger partial charge in [-0.05, 0) is 12.8 Å². The van der Waals surface area contributed by atoms with Crippen molar-refractivity contribution in [2.75, 3.05) is 13.7 Å². The van der Waals surface area contributed by atoms with Crippen LogP contribution in [0.5, 0.6) is 0 Å². The number of carbonyl (C=O) groups excluding carboxylic acids is 2. The minimum Gasteiger partial charge on any atom is -0.466 e. The summed E-state index contributed by atoms with van der Waals surface area (Å²) >= 11 is 0. The fourth-order valence-electron chi connectivity index (χ4n) is 3.78. The van der Waals surface area contributed by atoms with Crippen LogP contribution in [0.15, 0.2) is 0 Å². The molecule has 0 aromatic carbocycles. The number of hydrogen-bond acceptors (Lipinski definition) is 5. The molecule has 0 rings (SSSR count). The lowest BCUT2D eigenvalue weighted by atomic mass is 10.0. The van der Waals surface area contributed by atoms with Crippen LogP contribution in [0, 0.1) is 0 Å². The van der Waals surface area contributed by atoms with Crippen LogP contribution in [-0.2, 0) is 19.1 Å². The van der Waals surface area contributed by atoms with Crippen LogP contribution in [0.4, 0.5) is 0 Å². The minimum atomic E-state index is -0.893. The Labute approximate surface area is 185 Å². The second kappa shape index (κ2) is 22.6. The summed E-state index contributed by atoms with van der Waals surface area (Å²) in [4.78, 5) is 22.8. The molecule has 5 nitrogen and oxygen atoms in total. The van der Waals surface area contributed by atoms with E-state index in [1.165, 1.54) is 103 Å². The Morgan fingerprint density at radius 1 is 0.667 bits per heavy atom. The molecule has 30 heavy (non-hydrogen) atoms. The normalized spacial score (nSPS) is 12.0. The van der Waals surface area contributed by atoms with Crippen LogP contribution in [-0.4, -0.2) is 36.9 Å². The Morgan fingerprint density at radius 2 is 1.03 bits per heavy atom. The molecule has 0 amide bonds. The van der Waals surface area contributed by atoms with Crippen LogP contribution in [0.25, 0.3) is 0 Å². The van der Waals surface area contributed by atoms with E-state index < -0.39 is 24.6 Å². The van der Waals surface area contributed by atoms with Gasteiger partial charge < -0.3 is 14.6 Å². The molecular weight excluding hydrogens is 380 g/mol. The molecule has 5 heteroatoms. The summed E-state index contributed by atoms with van der Waals surface area (Å²) in [5.74, 6) is -1.34. The molecule has 0 fully saturated rings. The Morgan fingerprint density at radius 3 is 1.37 bits per heavy atom. The van der Waals surface area contributed by atoms with Gasteiger partial charge in [-0.1, -0.05) is 116 Å². The van der Waals surface area contributed by atoms with Crippen molar-refractivity contribution >= 4 is 11.9 Å². The maximum absolute atomic E-state index is 11.6. The lowest BCUT2D eigenvalue weighted by Gasteiger charge is -2.14. The second-order valence-electron chi connectivity index (χ2n) is 8.46. The molecule has 0 aliphatic carbocycles. The molecule has 1 unspecified atom stereocenters. The van der Waals surface area contributed by atoms with Crippen LogP contribution in [0.2, 0.25) is 0 Å². The van der Waals surface area contributed by atoms with Crippen LogP contribution < -0.4 is 0 Å². The zero-order chi connectivity index (χ0) is 22.3. The Kier molecular flexibility index (Phi) is 21.8. The number of aliphatic hydroxyl groups excluding tert-OH is 1. The first-order valence-electron chi connectivity index (χ1n) is 12.5. The largest absolute Gasteiger partial charge is 0.466 e. The van der Waals surface area contributed by atoms with E-state index in [1.54, 1.807) is 0 Å². The summed E-state index contributed by atoms with van der Waals surface area (Å²) in [6, 6.07) is 0. The quantitative estimate of drug-likeness (QED) is 0.157. The zero-order valence-electron chi connectivity index (χ0n) is 19.8. The highest BCUT2D eigenvalue weighted by atomic mass is 16.6. The Balaban J connectivity index is 3.37. The standard InChI is InChI=1S/C25H48O5/c1-3-4-5-6-7-8-9-10-11-12-13-14-15-16-17-18-19-20-21-23(25(28)29-2)30-24(27)22-26/h23,26H,3-22H2,1-2H3. The van der Waals surface area contributed by atoms with E-state index in [-0.39, 0.29) is 0 Å². The predicted octanol–water partition coefficient (Wildman–Crippen LogP) is 6.50. The third kappa shape index (κ3) is 18.9. The molecule has 0 saturated heterocycles. The maximum Gasteiger partial charge on any atom is 0.347 e. The highest BCUT2D eigenvalue weighted by molar-refractivity contribution is 5.79. The number of unbranched alkanes of at least 4 members (excludes halogenated alkanes) is 17. The van der Waals surface area contributed by atoms with Gasteiger partial charge in [0.15, 0.2) is 6.10 Å². The molecule has 0 saturated carbocycles. The van der Waals surface area contributed by atoms with Gasteiger partial charge in [-0.15, -0.1) is 0 Å². The molecule has 0 aromatic rings. The van der Waals surface area contributed by atoms with Gasteiger partial charge in [0, 0.05) is 0 Å². The van der Waals surface area contributed by atoms with Gasteiger partial charge >= 0.3 is 11.9 Å². The van der Waals surface area contributed by atoms with Crippen LogP contribution >= 0.6 is 0 Å². The number of carbonyl (C=O) groups is 2. The number of aliphatic hydroxyl groups is 1. The molecular formula is C25H48O5. The topological polar surface area (TPSA) is 72.8 Å². The summed E-state index contributed by atoms with van der Waals surface area (Å²) < 4.78 is 9.57. The van der Waals surface area contributed by atoms with Crippen molar-refractivity contribution < 1.29 is 24.2 Å². The smallest absolute Gasteiger partial charge is 0.347 e. The number of ether oxygens (including phenoxy) is 2. The van der Waals surface area contributed by atoms with Crippen LogP contribution in [0.3, 0.4) is 0 Å². The fourth-order valence-corrected chi connectivity index (χ4v) is 3.78. The number of hydrogen-bond donors (Lipinski definition) is 1. The summed E-state index contributed by atoms with van der Waals surface area (Å²) in [5.41, 5.74) is 0. The van der Waals surface area contributed by atoms with E-state index >= 15 is 0 Å². The van der Waals surface area contributed by atoms with Crippen molar-refractivity contribution in [3.63, 3.8) is 0 Å². The molecule has 0 radical (unpaired) electrons. The Hall–Kier alpha value is -1.10. The van der Waals surface area contributed by atoms with Crippen molar-refractivity contribution in [1.82, 2.24) is 0 Å². The fraction of sp³-hybridized carbons (Fsp3) is 0.920. The number of rotatable bonds is 22. The lowest BCUT2D eigenvalue weighted by Crippen LogP contribution is -2.29. The molecule has 0 aliphatic rings. The average Bonchev–Trinajstić information content (AvgIpc) is 2.76. The maximum atomic E-state index is 11.6. The van der Waals surface area contributed by atoms with Gasteiger partial charge in [0.25, 0.3) is 0 Å². The van der Waals surface area contributed by atoms with E-state index in [2.05, 4.69) is 11.7 Å². The highest BCUT2D eigenvalue weighted by Crippen LogP contribution is 2.15. The first kappa shape index (κ1) is 28.9. The number of esters is 2. The molecule has 0 spiro atoms. The number of methoxy groups -OCH3 is 1. The third-order valence-corrected chi connectivity index (χ3v) is 5.69. The molecule has 1 atom stereocenters. The van der Waals surface area contributed by atoms with Crippen molar-refractivity contribution in [3.8, 4) is 0 Å². The molecule has 178 valence electrons. The minimum absolute atomic E-state index is 0.456. The highest BCUT2D eigenvalue weighted by Gasteiger charge is 2.22. The molecule has 0 bridgehead atoms. The van der Waals surface area contributed by atoms with E-state index in [0.29, 0.717) is 6.42 Å². The molecule has 0 heterocycles. The van der Waals surface area contributed by atoms with E-state index in [9.17, 15) is 9.59 Å². The second-order valence-corrected chi connectivity index (χ2v) is 8.46.